The van der Waals surface area contributed by atoms with Gasteiger partial charge >= 0.3 is 0 Å². The van der Waals surface area contributed by atoms with E-state index in [0.29, 0.717) is 12.1 Å². The Kier molecular flexibility index (Phi) is 7.04. The number of nitrogens with one attached hydrogen (secondary N) is 2. The van der Waals surface area contributed by atoms with Crippen molar-refractivity contribution in [1.82, 2.24) is 20.4 Å². The van der Waals surface area contributed by atoms with Gasteiger partial charge in [-0.15, -0.1) is 0 Å². The maximum atomic E-state index is 12.6. The molecule has 6 nitrogen and oxygen atoms in total. The number of likely N-dealkylation sites (N-methyl/N-ethyl adjacent to an activating group) is 1. The van der Waals surface area contributed by atoms with Crippen LogP contribution in [-0.4, -0.2) is 48.2 Å². The molecule has 0 radical (unpaired) electrons. The van der Waals surface area contributed by atoms with Crippen LogP contribution in [0, 0.1) is 0 Å². The van der Waals surface area contributed by atoms with E-state index in [9.17, 15) is 9.59 Å². The summed E-state index contributed by atoms with van der Waals surface area (Å²) < 4.78 is 0. The van der Waals surface area contributed by atoms with Crippen LogP contribution >= 0.6 is 0 Å². The van der Waals surface area contributed by atoms with Gasteiger partial charge in [0.1, 0.15) is 0 Å². The first-order chi connectivity index (χ1) is 15.9. The van der Waals surface area contributed by atoms with Crippen LogP contribution in [0.15, 0.2) is 53.3 Å². The monoisotopic (exact) mass is 444 g/mol. The molecule has 0 fully saturated rings. The van der Waals surface area contributed by atoms with Gasteiger partial charge in [-0.25, -0.2) is 5.10 Å². The molecule has 0 bridgehead atoms. The summed E-state index contributed by atoms with van der Waals surface area (Å²) in [7, 11) is 3.97. The summed E-state index contributed by atoms with van der Waals surface area (Å²) in [5.74, 6) is -0.00143. The molecule has 0 aliphatic heterocycles. The molecule has 0 saturated heterocycles. The van der Waals surface area contributed by atoms with E-state index in [1.54, 1.807) is 0 Å². The van der Waals surface area contributed by atoms with Gasteiger partial charge in [0.15, 0.2) is 0 Å². The molecule has 2 aromatic carbocycles. The van der Waals surface area contributed by atoms with Gasteiger partial charge in [-0.1, -0.05) is 43.3 Å². The summed E-state index contributed by atoms with van der Waals surface area (Å²) in [5.41, 5.74) is 6.80. The van der Waals surface area contributed by atoms with Gasteiger partial charge in [0.2, 0.25) is 0 Å². The predicted molar refractivity (Wildman–Crippen MR) is 132 cm³/mol. The second kappa shape index (κ2) is 10.1. The van der Waals surface area contributed by atoms with Crippen LogP contribution in [0.1, 0.15) is 58.4 Å². The van der Waals surface area contributed by atoms with E-state index >= 15 is 0 Å². The fourth-order valence-corrected chi connectivity index (χ4v) is 4.52. The average molecular weight is 445 g/mol. The molecule has 1 heterocycles. The van der Waals surface area contributed by atoms with Crippen LogP contribution in [-0.2, 0) is 12.8 Å². The summed E-state index contributed by atoms with van der Waals surface area (Å²) in [6.45, 7) is 3.55. The normalized spacial score (nSPS) is 14.1. The summed E-state index contributed by atoms with van der Waals surface area (Å²) >= 11 is 0. The fourth-order valence-electron chi connectivity index (χ4n) is 4.52. The Bertz CT molecular complexity index is 1200. The lowest BCUT2D eigenvalue weighted by Crippen LogP contribution is -2.31. The second-order valence-corrected chi connectivity index (χ2v) is 9.09. The van der Waals surface area contributed by atoms with Gasteiger partial charge in [-0.2, -0.15) is 5.10 Å². The molecule has 1 aromatic heterocycles. The second-order valence-electron chi connectivity index (χ2n) is 9.09. The summed E-state index contributed by atoms with van der Waals surface area (Å²) in [4.78, 5) is 26.9. The van der Waals surface area contributed by atoms with E-state index < -0.39 is 0 Å². The van der Waals surface area contributed by atoms with Crippen molar-refractivity contribution in [2.24, 2.45) is 0 Å². The van der Waals surface area contributed by atoms with Crippen molar-refractivity contribution in [3.8, 4) is 11.1 Å². The molecule has 1 atom stereocenters. The molecule has 4 rings (SSSR count). The number of nitrogens with zero attached hydrogens (tertiary/aromatic N) is 2. The highest BCUT2D eigenvalue weighted by Crippen LogP contribution is 2.31. The molecule has 172 valence electrons. The van der Waals surface area contributed by atoms with Gasteiger partial charge in [0.25, 0.3) is 11.5 Å². The van der Waals surface area contributed by atoms with Crippen molar-refractivity contribution in [2.45, 2.75) is 38.5 Å². The van der Waals surface area contributed by atoms with Crippen molar-refractivity contribution in [3.05, 3.63) is 86.8 Å². The van der Waals surface area contributed by atoms with Crippen molar-refractivity contribution < 1.29 is 4.79 Å². The highest BCUT2D eigenvalue weighted by Gasteiger charge is 2.22. The number of carbonyl (C=O) groups is 1. The highest BCUT2D eigenvalue weighted by atomic mass is 16.1. The zero-order valence-corrected chi connectivity index (χ0v) is 19.6. The van der Waals surface area contributed by atoms with E-state index in [1.165, 1.54) is 0 Å². The average Bonchev–Trinajstić information content (AvgIpc) is 2.84. The zero-order chi connectivity index (χ0) is 23.4. The predicted octanol–water partition coefficient (Wildman–Crippen LogP) is 3.76. The summed E-state index contributed by atoms with van der Waals surface area (Å²) in [6, 6.07) is 16.1. The first kappa shape index (κ1) is 22.9. The quantitative estimate of drug-likeness (QED) is 0.582. The Hall–Kier alpha value is -3.25. The van der Waals surface area contributed by atoms with Crippen LogP contribution in [0.25, 0.3) is 11.1 Å². The Morgan fingerprint density at radius 1 is 1.06 bits per heavy atom. The number of amides is 1. The van der Waals surface area contributed by atoms with Crippen molar-refractivity contribution >= 4 is 5.91 Å². The number of aromatic amines is 1. The summed E-state index contributed by atoms with van der Waals surface area (Å²) in [6.07, 6.45) is 3.90. The number of fused-ring (bicyclic) bond motifs is 1. The molecule has 1 unspecified atom stereocenters. The molecule has 2 N–H and O–H groups in total. The number of H-pyrrole nitrogens is 1. The zero-order valence-electron chi connectivity index (χ0n) is 19.6. The number of carbonyl (C=O) groups excluding carboxylic acids is 1. The van der Waals surface area contributed by atoms with Gasteiger partial charge < -0.3 is 10.2 Å². The minimum absolute atomic E-state index is 0.0462. The van der Waals surface area contributed by atoms with Crippen LogP contribution in [0.4, 0.5) is 0 Å². The lowest BCUT2D eigenvalue weighted by Gasteiger charge is -2.21. The molecule has 33 heavy (non-hydrogen) atoms. The topological polar surface area (TPSA) is 78.1 Å². The molecule has 6 heteroatoms. The van der Waals surface area contributed by atoms with E-state index in [-0.39, 0.29) is 17.4 Å². The fraction of sp³-hybridized carbons (Fsp3) is 0.370. The smallest absolute Gasteiger partial charge is 0.267 e. The number of aromatic nitrogens is 2. The lowest BCUT2D eigenvalue weighted by molar-refractivity contribution is 0.0951. The van der Waals surface area contributed by atoms with Crippen molar-refractivity contribution in [3.63, 3.8) is 0 Å². The molecule has 1 aliphatic rings. The van der Waals surface area contributed by atoms with E-state index in [4.69, 9.17) is 0 Å². The standard InChI is InChI=1S/C27H32N4O2/c1-18(25-23-12-4-5-13-24(23)27(33)30-29-25)19-8-6-9-20(16-19)21-10-7-11-22(17-21)26(32)28-14-15-31(2)3/h6-11,16-18H,4-5,12-15H2,1-3H3,(H,28,32)(H,30,33). The molecule has 0 spiro atoms. The Balaban J connectivity index is 1.59. The molecule has 0 saturated carbocycles. The van der Waals surface area contributed by atoms with E-state index in [2.05, 4.69) is 40.6 Å². The Labute approximate surface area is 195 Å². The van der Waals surface area contributed by atoms with Gasteiger partial charge in [-0.05, 0) is 74.2 Å². The molecule has 1 aliphatic carbocycles. The first-order valence-corrected chi connectivity index (χ1v) is 11.7. The third kappa shape index (κ3) is 5.22. The SMILES string of the molecule is CC(c1cccc(-c2cccc(C(=O)NCCN(C)C)c2)c1)c1n[nH]c(=O)c2c1CCCC2. The minimum atomic E-state index is -0.0627. The maximum absolute atomic E-state index is 12.6. The van der Waals surface area contributed by atoms with Gasteiger partial charge in [0, 0.05) is 30.1 Å². The van der Waals surface area contributed by atoms with Crippen molar-refractivity contribution in [2.75, 3.05) is 27.2 Å². The van der Waals surface area contributed by atoms with Crippen LogP contribution in [0.5, 0.6) is 0 Å². The molecular formula is C27H32N4O2. The number of hydrogen-bond donors (Lipinski definition) is 2. The van der Waals surface area contributed by atoms with Gasteiger partial charge in [-0.3, -0.25) is 9.59 Å². The Morgan fingerprint density at radius 3 is 2.52 bits per heavy atom. The lowest BCUT2D eigenvalue weighted by atomic mass is 9.85. The highest BCUT2D eigenvalue weighted by molar-refractivity contribution is 5.95. The maximum Gasteiger partial charge on any atom is 0.267 e. The molecule has 3 aromatic rings. The third-order valence-corrected chi connectivity index (χ3v) is 6.43. The number of benzene rings is 2. The number of hydrogen-bond acceptors (Lipinski definition) is 4. The molecular weight excluding hydrogens is 412 g/mol. The van der Waals surface area contributed by atoms with Crippen LogP contribution in [0.3, 0.4) is 0 Å². The molecule has 1 amide bonds. The van der Waals surface area contributed by atoms with Gasteiger partial charge in [0.05, 0.1) is 5.69 Å². The largest absolute Gasteiger partial charge is 0.351 e. The first-order valence-electron chi connectivity index (χ1n) is 11.7. The Morgan fingerprint density at radius 2 is 1.76 bits per heavy atom. The van der Waals surface area contributed by atoms with Crippen molar-refractivity contribution in [1.29, 1.82) is 0 Å². The van der Waals surface area contributed by atoms with Crippen LogP contribution < -0.4 is 10.9 Å². The van der Waals surface area contributed by atoms with Crippen LogP contribution in [0.2, 0.25) is 0 Å². The third-order valence-electron chi connectivity index (χ3n) is 6.43. The minimum Gasteiger partial charge on any atom is -0.351 e. The van der Waals surface area contributed by atoms with E-state index in [0.717, 1.165) is 65.7 Å². The number of rotatable bonds is 7. The summed E-state index contributed by atoms with van der Waals surface area (Å²) in [5, 5.41) is 10.1. The van der Waals surface area contributed by atoms with E-state index in [1.807, 2.05) is 49.3 Å².